The summed E-state index contributed by atoms with van der Waals surface area (Å²) in [6, 6.07) is 14.4. The van der Waals surface area contributed by atoms with Crippen molar-refractivity contribution in [2.75, 3.05) is 20.3 Å². The summed E-state index contributed by atoms with van der Waals surface area (Å²) in [4.78, 5) is 13.0. The van der Waals surface area contributed by atoms with Gasteiger partial charge in [-0.15, -0.1) is 0 Å². The Kier molecular flexibility index (Phi) is 7.18. The summed E-state index contributed by atoms with van der Waals surface area (Å²) in [7, 11) is 1.74. The van der Waals surface area contributed by atoms with Gasteiger partial charge in [-0.2, -0.15) is 0 Å². The molecule has 1 saturated heterocycles. The highest BCUT2D eigenvalue weighted by Gasteiger charge is 2.27. The summed E-state index contributed by atoms with van der Waals surface area (Å²) >= 11 is 0. The van der Waals surface area contributed by atoms with E-state index in [4.69, 9.17) is 9.47 Å². The molecule has 2 aromatic rings. The molecule has 0 aromatic heterocycles. The van der Waals surface area contributed by atoms with E-state index >= 15 is 0 Å². The Bertz CT molecular complexity index is 757. The van der Waals surface area contributed by atoms with E-state index in [0.29, 0.717) is 18.8 Å². The predicted octanol–water partition coefficient (Wildman–Crippen LogP) is 4.13. The molecule has 28 heavy (non-hydrogen) atoms. The van der Waals surface area contributed by atoms with Crippen LogP contribution in [0.3, 0.4) is 0 Å². The average molecular weight is 385 g/mol. The second-order valence-electron chi connectivity index (χ2n) is 7.33. The molecule has 5 heteroatoms. The molecular weight excluding hydrogens is 357 g/mol. The van der Waals surface area contributed by atoms with E-state index in [2.05, 4.69) is 13.0 Å². The minimum absolute atomic E-state index is 0.108. The molecule has 2 heterocycles. The van der Waals surface area contributed by atoms with Crippen molar-refractivity contribution in [1.29, 1.82) is 0 Å². The van der Waals surface area contributed by atoms with E-state index in [-0.39, 0.29) is 11.9 Å². The van der Waals surface area contributed by atoms with Crippen LogP contribution in [-0.2, 0) is 20.7 Å². The van der Waals surface area contributed by atoms with Gasteiger partial charge in [-0.1, -0.05) is 36.4 Å². The van der Waals surface area contributed by atoms with Crippen molar-refractivity contribution in [2.24, 2.45) is 0 Å². The minimum atomic E-state index is -0.259. The molecule has 0 saturated carbocycles. The minimum Gasteiger partial charge on any atom is -0.379 e. The standard InChI is InChI=1S/C16H14FNO.C7H14O2/c17-14-7-5-13(6-8-14)16-15-4-2-1-3-12(15)9-10-18(16)11-19;1-6-3-4-7(8-2)5-9-6/h1-8,11,16H,9-10H2;6-7H,3-5H2,1-2H3/t16-;6-,7?/m00/s1. The van der Waals surface area contributed by atoms with E-state index in [9.17, 15) is 9.18 Å². The normalized spacial score (nSPS) is 24.0. The molecule has 3 atom stereocenters. The molecule has 4 rings (SSSR count). The fourth-order valence-corrected chi connectivity index (χ4v) is 3.76. The van der Waals surface area contributed by atoms with E-state index in [0.717, 1.165) is 43.4 Å². The molecule has 2 aromatic carbocycles. The highest BCUT2D eigenvalue weighted by molar-refractivity contribution is 5.54. The van der Waals surface area contributed by atoms with Crippen molar-refractivity contribution in [2.45, 2.75) is 44.4 Å². The lowest BCUT2D eigenvalue weighted by atomic mass is 9.88. The van der Waals surface area contributed by atoms with Crippen molar-refractivity contribution < 1.29 is 18.7 Å². The van der Waals surface area contributed by atoms with Crippen LogP contribution in [-0.4, -0.2) is 43.8 Å². The molecule has 150 valence electrons. The molecule has 4 nitrogen and oxygen atoms in total. The molecule has 2 aliphatic rings. The quantitative estimate of drug-likeness (QED) is 0.746. The van der Waals surface area contributed by atoms with Crippen LogP contribution in [0.5, 0.6) is 0 Å². The third kappa shape index (κ3) is 4.97. The Balaban J connectivity index is 0.000000211. The van der Waals surface area contributed by atoms with Gasteiger partial charge in [0.15, 0.2) is 0 Å². The van der Waals surface area contributed by atoms with Crippen LogP contribution in [0.15, 0.2) is 48.5 Å². The van der Waals surface area contributed by atoms with Crippen molar-refractivity contribution >= 4 is 6.41 Å². The Morgan fingerprint density at radius 3 is 2.54 bits per heavy atom. The van der Waals surface area contributed by atoms with Gasteiger partial charge in [-0.3, -0.25) is 4.79 Å². The number of carbonyl (C=O) groups excluding carboxylic acids is 1. The van der Waals surface area contributed by atoms with Crippen LogP contribution in [0.4, 0.5) is 4.39 Å². The van der Waals surface area contributed by atoms with Crippen LogP contribution in [0.1, 0.15) is 42.5 Å². The molecule has 0 N–H and O–H groups in total. The number of methoxy groups -OCH3 is 1. The van der Waals surface area contributed by atoms with Gasteiger partial charge in [-0.05, 0) is 55.0 Å². The first-order valence-electron chi connectivity index (χ1n) is 9.81. The Morgan fingerprint density at radius 1 is 1.14 bits per heavy atom. The summed E-state index contributed by atoms with van der Waals surface area (Å²) < 4.78 is 23.5. The van der Waals surface area contributed by atoms with Gasteiger partial charge >= 0.3 is 0 Å². The Hall–Kier alpha value is -2.24. The molecule has 0 spiro atoms. The summed E-state index contributed by atoms with van der Waals surface area (Å²) in [6.07, 6.45) is 4.82. The van der Waals surface area contributed by atoms with Crippen LogP contribution in [0.2, 0.25) is 0 Å². The van der Waals surface area contributed by atoms with Crippen LogP contribution in [0, 0.1) is 5.82 Å². The number of nitrogens with zero attached hydrogens (tertiary/aromatic N) is 1. The molecule has 1 unspecified atom stereocenters. The van der Waals surface area contributed by atoms with Gasteiger partial charge in [0.05, 0.1) is 24.9 Å². The molecule has 0 bridgehead atoms. The number of benzene rings is 2. The number of halogens is 1. The third-order valence-electron chi connectivity index (χ3n) is 5.44. The summed E-state index contributed by atoms with van der Waals surface area (Å²) in [6.45, 7) is 3.58. The maximum atomic E-state index is 13.0. The van der Waals surface area contributed by atoms with Crippen molar-refractivity contribution in [3.8, 4) is 0 Å². The maximum Gasteiger partial charge on any atom is 0.210 e. The number of ether oxygens (including phenoxy) is 2. The second kappa shape index (κ2) is 9.80. The zero-order chi connectivity index (χ0) is 19.9. The van der Waals surface area contributed by atoms with Crippen LogP contribution < -0.4 is 0 Å². The van der Waals surface area contributed by atoms with Gasteiger partial charge in [0.1, 0.15) is 5.82 Å². The highest BCUT2D eigenvalue weighted by Crippen LogP contribution is 2.34. The fourth-order valence-electron chi connectivity index (χ4n) is 3.76. The van der Waals surface area contributed by atoms with E-state index in [1.54, 1.807) is 24.1 Å². The number of rotatable bonds is 3. The SMILES string of the molecule is COC1CC[C@H](C)OC1.O=CN1CCc2ccccc2[C@@H]1c1ccc(F)cc1. The van der Waals surface area contributed by atoms with Gasteiger partial charge in [0.2, 0.25) is 6.41 Å². The topological polar surface area (TPSA) is 38.8 Å². The first-order chi connectivity index (χ1) is 13.6. The molecular formula is C23H28FNO3. The van der Waals surface area contributed by atoms with Crippen molar-refractivity contribution in [1.82, 2.24) is 4.90 Å². The number of amides is 1. The smallest absolute Gasteiger partial charge is 0.210 e. The molecule has 0 radical (unpaired) electrons. The average Bonchev–Trinajstić information content (AvgIpc) is 2.74. The van der Waals surface area contributed by atoms with Gasteiger partial charge in [0.25, 0.3) is 0 Å². The number of hydrogen-bond acceptors (Lipinski definition) is 3. The first-order valence-corrected chi connectivity index (χ1v) is 9.81. The van der Waals surface area contributed by atoms with Gasteiger partial charge < -0.3 is 14.4 Å². The number of fused-ring (bicyclic) bond motifs is 1. The lowest BCUT2D eigenvalue weighted by molar-refractivity contribution is -0.119. The Labute approximate surface area is 166 Å². The summed E-state index contributed by atoms with van der Waals surface area (Å²) in [5.74, 6) is -0.259. The van der Waals surface area contributed by atoms with Gasteiger partial charge in [-0.25, -0.2) is 4.39 Å². The highest BCUT2D eigenvalue weighted by atomic mass is 19.1. The van der Waals surface area contributed by atoms with Gasteiger partial charge in [0, 0.05) is 13.7 Å². The lowest BCUT2D eigenvalue weighted by Gasteiger charge is -2.35. The molecule has 0 aliphatic carbocycles. The number of carbonyl (C=O) groups is 1. The van der Waals surface area contributed by atoms with Crippen LogP contribution in [0.25, 0.3) is 0 Å². The molecule has 1 amide bonds. The third-order valence-corrected chi connectivity index (χ3v) is 5.44. The monoisotopic (exact) mass is 385 g/mol. The lowest BCUT2D eigenvalue weighted by Crippen LogP contribution is -2.34. The zero-order valence-corrected chi connectivity index (χ0v) is 16.5. The largest absolute Gasteiger partial charge is 0.379 e. The number of hydrogen-bond donors (Lipinski definition) is 0. The first kappa shape index (κ1) is 20.5. The maximum absolute atomic E-state index is 13.0. The molecule has 2 aliphatic heterocycles. The van der Waals surface area contributed by atoms with E-state index < -0.39 is 0 Å². The second-order valence-corrected chi connectivity index (χ2v) is 7.33. The summed E-state index contributed by atoms with van der Waals surface area (Å²) in [5.41, 5.74) is 3.34. The zero-order valence-electron chi connectivity index (χ0n) is 16.5. The Morgan fingerprint density at radius 2 is 1.89 bits per heavy atom. The van der Waals surface area contributed by atoms with Crippen molar-refractivity contribution in [3.05, 3.63) is 71.0 Å². The predicted molar refractivity (Wildman–Crippen MR) is 107 cm³/mol. The summed E-state index contributed by atoms with van der Waals surface area (Å²) in [5, 5.41) is 0. The molecule has 1 fully saturated rings. The van der Waals surface area contributed by atoms with Crippen molar-refractivity contribution in [3.63, 3.8) is 0 Å². The fraction of sp³-hybridized carbons (Fsp3) is 0.435. The van der Waals surface area contributed by atoms with E-state index in [1.165, 1.54) is 17.7 Å². The van der Waals surface area contributed by atoms with E-state index in [1.807, 2.05) is 18.2 Å². The van der Waals surface area contributed by atoms with Crippen LogP contribution >= 0.6 is 0 Å².